The van der Waals surface area contributed by atoms with E-state index in [4.69, 9.17) is 9.47 Å². The van der Waals surface area contributed by atoms with Gasteiger partial charge in [-0.3, -0.25) is 9.78 Å². The van der Waals surface area contributed by atoms with Crippen LogP contribution in [0.5, 0.6) is 5.75 Å². The third-order valence-electron chi connectivity index (χ3n) is 5.33. The summed E-state index contributed by atoms with van der Waals surface area (Å²) >= 11 is 0. The Morgan fingerprint density at radius 2 is 2.06 bits per heavy atom. The van der Waals surface area contributed by atoms with Crippen molar-refractivity contribution in [1.82, 2.24) is 10.3 Å². The van der Waals surface area contributed by atoms with Crippen molar-refractivity contribution >= 4 is 5.91 Å². The van der Waals surface area contributed by atoms with E-state index in [-0.39, 0.29) is 12.5 Å². The fraction of sp³-hybridized carbons (Fsp3) is 0.240. The van der Waals surface area contributed by atoms with Crippen LogP contribution in [0.3, 0.4) is 0 Å². The standard InChI is InChI=1S/C25H23N3O3/c1-25(16-26)17-30-15-20-8-7-19(11-23(20)25)24(29)28-13-21-12-22(9-10-27-21)31-14-18-5-3-2-4-6-18/h2-12H,13-15,17H2,1H3,(H,28,29)/t25-/m1/s1. The van der Waals surface area contributed by atoms with E-state index in [1.165, 1.54) is 0 Å². The first-order valence-corrected chi connectivity index (χ1v) is 10.1. The molecule has 1 aliphatic rings. The highest BCUT2D eigenvalue weighted by Crippen LogP contribution is 2.32. The first-order chi connectivity index (χ1) is 15.1. The summed E-state index contributed by atoms with van der Waals surface area (Å²) in [7, 11) is 0. The Morgan fingerprint density at radius 1 is 1.23 bits per heavy atom. The number of ether oxygens (including phenoxy) is 2. The molecule has 4 rings (SSSR count). The fourth-order valence-corrected chi connectivity index (χ4v) is 3.55. The third-order valence-corrected chi connectivity index (χ3v) is 5.33. The lowest BCUT2D eigenvalue weighted by Gasteiger charge is -2.30. The Morgan fingerprint density at radius 3 is 2.87 bits per heavy atom. The van der Waals surface area contributed by atoms with E-state index in [9.17, 15) is 10.1 Å². The maximum absolute atomic E-state index is 12.7. The largest absolute Gasteiger partial charge is 0.489 e. The van der Waals surface area contributed by atoms with Gasteiger partial charge in [0.25, 0.3) is 5.91 Å². The van der Waals surface area contributed by atoms with Gasteiger partial charge >= 0.3 is 0 Å². The van der Waals surface area contributed by atoms with E-state index in [1.54, 1.807) is 24.4 Å². The SMILES string of the molecule is C[C@@]1(C#N)COCc2ccc(C(=O)NCc3cc(OCc4ccccc4)ccn3)cc21. The van der Waals surface area contributed by atoms with Crippen molar-refractivity contribution in [2.75, 3.05) is 6.61 Å². The monoisotopic (exact) mass is 413 g/mol. The Kier molecular flexibility index (Phi) is 5.96. The predicted octanol–water partition coefficient (Wildman–Crippen LogP) is 3.90. The van der Waals surface area contributed by atoms with Crippen LogP contribution in [0.1, 0.15) is 39.7 Å². The van der Waals surface area contributed by atoms with Crippen molar-refractivity contribution in [3.8, 4) is 11.8 Å². The summed E-state index contributed by atoms with van der Waals surface area (Å²) in [5, 5.41) is 12.5. The molecule has 6 heteroatoms. The maximum Gasteiger partial charge on any atom is 0.251 e. The molecule has 1 aliphatic heterocycles. The molecule has 1 atom stereocenters. The summed E-state index contributed by atoms with van der Waals surface area (Å²) < 4.78 is 11.4. The minimum Gasteiger partial charge on any atom is -0.489 e. The quantitative estimate of drug-likeness (QED) is 0.663. The van der Waals surface area contributed by atoms with Crippen molar-refractivity contribution in [1.29, 1.82) is 5.26 Å². The Labute approximate surface area is 181 Å². The van der Waals surface area contributed by atoms with Crippen LogP contribution in [0.4, 0.5) is 0 Å². The molecular formula is C25H23N3O3. The predicted molar refractivity (Wildman–Crippen MR) is 115 cm³/mol. The van der Waals surface area contributed by atoms with Crippen molar-refractivity contribution in [2.24, 2.45) is 0 Å². The number of fused-ring (bicyclic) bond motifs is 1. The summed E-state index contributed by atoms with van der Waals surface area (Å²) in [5.74, 6) is 0.480. The van der Waals surface area contributed by atoms with Gasteiger partial charge < -0.3 is 14.8 Å². The number of nitriles is 1. The molecule has 2 heterocycles. The van der Waals surface area contributed by atoms with Crippen molar-refractivity contribution < 1.29 is 14.3 Å². The Hall–Kier alpha value is -3.69. The molecule has 1 amide bonds. The zero-order chi connectivity index (χ0) is 21.7. The van der Waals surface area contributed by atoms with Crippen molar-refractivity contribution in [3.05, 3.63) is 94.8 Å². The third kappa shape index (κ3) is 4.73. The van der Waals surface area contributed by atoms with Crippen LogP contribution in [0.25, 0.3) is 0 Å². The zero-order valence-electron chi connectivity index (χ0n) is 17.3. The molecule has 2 aromatic carbocycles. The van der Waals surface area contributed by atoms with Crippen LogP contribution in [0, 0.1) is 11.3 Å². The average molecular weight is 413 g/mol. The van der Waals surface area contributed by atoms with E-state index < -0.39 is 5.41 Å². The van der Waals surface area contributed by atoms with Gasteiger partial charge in [0.1, 0.15) is 17.8 Å². The summed E-state index contributed by atoms with van der Waals surface area (Å²) in [6.07, 6.45) is 1.67. The number of hydrogen-bond acceptors (Lipinski definition) is 5. The van der Waals surface area contributed by atoms with E-state index in [0.29, 0.717) is 36.8 Å². The van der Waals surface area contributed by atoms with Crippen LogP contribution in [0.15, 0.2) is 66.9 Å². The fourth-order valence-electron chi connectivity index (χ4n) is 3.55. The number of amides is 1. The van der Waals surface area contributed by atoms with Crippen LogP contribution in [-0.2, 0) is 29.9 Å². The molecule has 0 bridgehead atoms. The van der Waals surface area contributed by atoms with Gasteiger partial charge in [0.05, 0.1) is 31.5 Å². The van der Waals surface area contributed by atoms with E-state index in [0.717, 1.165) is 16.7 Å². The van der Waals surface area contributed by atoms with Gasteiger partial charge in [0.15, 0.2) is 0 Å². The van der Waals surface area contributed by atoms with Gasteiger partial charge in [0.2, 0.25) is 0 Å². The molecule has 3 aromatic rings. The number of carbonyl (C=O) groups excluding carboxylic acids is 1. The van der Waals surface area contributed by atoms with E-state index >= 15 is 0 Å². The number of hydrogen-bond donors (Lipinski definition) is 1. The molecule has 0 spiro atoms. The topological polar surface area (TPSA) is 84.2 Å². The lowest BCUT2D eigenvalue weighted by atomic mass is 9.79. The van der Waals surface area contributed by atoms with Gasteiger partial charge in [-0.05, 0) is 41.8 Å². The number of pyridine rings is 1. The number of aromatic nitrogens is 1. The lowest BCUT2D eigenvalue weighted by molar-refractivity contribution is 0.0757. The molecule has 0 saturated heterocycles. The molecule has 0 unspecified atom stereocenters. The van der Waals surface area contributed by atoms with Gasteiger partial charge in [-0.1, -0.05) is 36.4 Å². The van der Waals surface area contributed by atoms with Crippen LogP contribution >= 0.6 is 0 Å². The number of carbonyl (C=O) groups is 1. The molecule has 0 saturated carbocycles. The molecule has 156 valence electrons. The molecule has 0 aliphatic carbocycles. The minimum absolute atomic E-state index is 0.216. The van der Waals surface area contributed by atoms with Gasteiger partial charge in [0, 0.05) is 17.8 Å². The maximum atomic E-state index is 12.7. The molecule has 1 aromatic heterocycles. The number of nitrogens with one attached hydrogen (secondary N) is 1. The molecule has 0 radical (unpaired) electrons. The normalized spacial score (nSPS) is 17.3. The lowest BCUT2D eigenvalue weighted by Crippen LogP contribution is -2.33. The van der Waals surface area contributed by atoms with Gasteiger partial charge in [-0.15, -0.1) is 0 Å². The number of nitrogens with zero attached hydrogens (tertiary/aromatic N) is 2. The smallest absolute Gasteiger partial charge is 0.251 e. The summed E-state index contributed by atoms with van der Waals surface area (Å²) in [6.45, 7) is 3.34. The van der Waals surface area contributed by atoms with Gasteiger partial charge in [-0.2, -0.15) is 5.26 Å². The minimum atomic E-state index is -0.754. The Bertz CT molecular complexity index is 1120. The molecule has 0 fully saturated rings. The van der Waals surface area contributed by atoms with Crippen molar-refractivity contribution in [2.45, 2.75) is 32.1 Å². The summed E-state index contributed by atoms with van der Waals surface area (Å²) in [6, 6.07) is 21.2. The summed E-state index contributed by atoms with van der Waals surface area (Å²) in [5.41, 5.74) is 3.33. The first-order valence-electron chi connectivity index (χ1n) is 10.1. The molecule has 6 nitrogen and oxygen atoms in total. The van der Waals surface area contributed by atoms with Crippen molar-refractivity contribution in [3.63, 3.8) is 0 Å². The average Bonchev–Trinajstić information content (AvgIpc) is 2.82. The van der Waals surface area contributed by atoms with Crippen LogP contribution in [0.2, 0.25) is 0 Å². The highest BCUT2D eigenvalue weighted by molar-refractivity contribution is 5.94. The van der Waals surface area contributed by atoms with Crippen LogP contribution in [-0.4, -0.2) is 17.5 Å². The zero-order valence-corrected chi connectivity index (χ0v) is 17.3. The van der Waals surface area contributed by atoms with E-state index in [2.05, 4.69) is 16.4 Å². The van der Waals surface area contributed by atoms with Gasteiger partial charge in [-0.25, -0.2) is 0 Å². The highest BCUT2D eigenvalue weighted by Gasteiger charge is 2.33. The second-order valence-electron chi connectivity index (χ2n) is 7.75. The summed E-state index contributed by atoms with van der Waals surface area (Å²) in [4.78, 5) is 17.0. The second-order valence-corrected chi connectivity index (χ2v) is 7.75. The second kappa shape index (κ2) is 8.99. The van der Waals surface area contributed by atoms with E-state index in [1.807, 2.05) is 49.4 Å². The first kappa shape index (κ1) is 20.6. The van der Waals surface area contributed by atoms with Crippen LogP contribution < -0.4 is 10.1 Å². The number of rotatable bonds is 6. The molecule has 31 heavy (non-hydrogen) atoms. The number of benzene rings is 2. The highest BCUT2D eigenvalue weighted by atomic mass is 16.5. The Balaban J connectivity index is 1.40. The molecule has 1 N–H and O–H groups in total. The molecular weight excluding hydrogens is 390 g/mol.